The third kappa shape index (κ3) is 6.56. The zero-order valence-corrected chi connectivity index (χ0v) is 19.5. The van der Waals surface area contributed by atoms with Gasteiger partial charge in [0.15, 0.2) is 0 Å². The van der Waals surface area contributed by atoms with Gasteiger partial charge in [0, 0.05) is 23.9 Å². The van der Waals surface area contributed by atoms with Crippen molar-refractivity contribution in [1.82, 2.24) is 10.9 Å². The summed E-state index contributed by atoms with van der Waals surface area (Å²) in [5.41, 5.74) is 6.40. The van der Waals surface area contributed by atoms with Crippen LogP contribution in [-0.4, -0.2) is 33.9 Å². The molecule has 3 N–H and O–H groups in total. The molecule has 0 spiro atoms. The van der Waals surface area contributed by atoms with Crippen molar-refractivity contribution in [1.29, 1.82) is 0 Å². The molecule has 0 aliphatic heterocycles. The quantitative estimate of drug-likeness (QED) is 0.402. The Morgan fingerprint density at radius 1 is 0.853 bits per heavy atom. The molecule has 3 aromatic carbocycles. The fourth-order valence-electron chi connectivity index (χ4n) is 3.01. The summed E-state index contributed by atoms with van der Waals surface area (Å²) >= 11 is 0. The van der Waals surface area contributed by atoms with Gasteiger partial charge in [0.1, 0.15) is 5.75 Å². The van der Waals surface area contributed by atoms with Crippen LogP contribution >= 0.6 is 0 Å². The van der Waals surface area contributed by atoms with Crippen molar-refractivity contribution in [3.63, 3.8) is 0 Å². The Hall–Kier alpha value is -3.89. The summed E-state index contributed by atoms with van der Waals surface area (Å²) in [6.45, 7) is 2.68. The van der Waals surface area contributed by atoms with Crippen LogP contribution in [0.15, 0.2) is 77.7 Å². The van der Waals surface area contributed by atoms with Crippen LogP contribution in [0, 0.1) is 0 Å². The zero-order chi connectivity index (χ0) is 24.6. The Balaban J connectivity index is 1.58. The minimum Gasteiger partial charge on any atom is -0.494 e. The van der Waals surface area contributed by atoms with E-state index in [1.165, 1.54) is 36.4 Å². The van der Waals surface area contributed by atoms with Crippen LogP contribution < -0.4 is 20.3 Å². The van der Waals surface area contributed by atoms with Crippen LogP contribution in [0.1, 0.15) is 33.2 Å². The van der Waals surface area contributed by atoms with Crippen LogP contribution in [-0.2, 0) is 21.4 Å². The van der Waals surface area contributed by atoms with Gasteiger partial charge < -0.3 is 9.47 Å². The number of sulfonamides is 1. The van der Waals surface area contributed by atoms with Crippen molar-refractivity contribution in [3.8, 4) is 5.75 Å². The third-order valence-corrected chi connectivity index (χ3v) is 6.03. The van der Waals surface area contributed by atoms with E-state index in [0.29, 0.717) is 24.5 Å². The molecule has 0 saturated heterocycles. The summed E-state index contributed by atoms with van der Waals surface area (Å²) in [4.78, 5) is 24.7. The number of anilines is 1. The highest BCUT2D eigenvalue weighted by Crippen LogP contribution is 2.19. The van der Waals surface area contributed by atoms with Crippen molar-refractivity contribution in [3.05, 3.63) is 89.5 Å². The van der Waals surface area contributed by atoms with Gasteiger partial charge in [0.2, 0.25) is 0 Å². The number of benzene rings is 3. The fraction of sp³-hybridized carbons (Fsp3) is 0.167. The molecular weight excluding hydrogens is 458 g/mol. The Kier molecular flexibility index (Phi) is 8.23. The van der Waals surface area contributed by atoms with Gasteiger partial charge in [0.05, 0.1) is 18.1 Å². The van der Waals surface area contributed by atoms with Gasteiger partial charge in [-0.05, 0) is 73.2 Å². The first kappa shape index (κ1) is 24.7. The summed E-state index contributed by atoms with van der Waals surface area (Å²) in [5, 5.41) is 0. The first-order valence-electron chi connectivity index (χ1n) is 10.4. The van der Waals surface area contributed by atoms with Gasteiger partial charge in [0.25, 0.3) is 21.8 Å². The maximum Gasteiger partial charge on any atom is 0.269 e. The summed E-state index contributed by atoms with van der Waals surface area (Å²) in [6, 6.07) is 18.7. The Bertz CT molecular complexity index is 1240. The number of hydrazine groups is 1. The number of hydrogen-bond acceptors (Lipinski definition) is 6. The largest absolute Gasteiger partial charge is 0.494 e. The maximum absolute atomic E-state index is 12.6. The number of nitrogens with one attached hydrogen (secondary N) is 3. The third-order valence-electron chi connectivity index (χ3n) is 4.63. The monoisotopic (exact) mass is 483 g/mol. The highest BCUT2D eigenvalue weighted by molar-refractivity contribution is 7.92. The second kappa shape index (κ2) is 11.3. The summed E-state index contributed by atoms with van der Waals surface area (Å²) < 4.78 is 38.0. The van der Waals surface area contributed by atoms with E-state index >= 15 is 0 Å². The summed E-state index contributed by atoms with van der Waals surface area (Å²) in [7, 11) is -2.25. The lowest BCUT2D eigenvalue weighted by Crippen LogP contribution is -2.41. The smallest absolute Gasteiger partial charge is 0.269 e. The number of carbonyl (C=O) groups excluding carboxylic acids is 2. The van der Waals surface area contributed by atoms with Crippen molar-refractivity contribution in [2.45, 2.75) is 18.4 Å². The molecule has 0 unspecified atom stereocenters. The molecule has 0 heterocycles. The second-order valence-corrected chi connectivity index (χ2v) is 8.81. The lowest BCUT2D eigenvalue weighted by molar-refractivity contribution is 0.0846. The van der Waals surface area contributed by atoms with Gasteiger partial charge in [-0.25, -0.2) is 8.42 Å². The van der Waals surface area contributed by atoms with Crippen molar-refractivity contribution >= 4 is 27.5 Å². The highest BCUT2D eigenvalue weighted by Gasteiger charge is 2.15. The molecule has 0 fully saturated rings. The van der Waals surface area contributed by atoms with Crippen molar-refractivity contribution < 1.29 is 27.5 Å². The van der Waals surface area contributed by atoms with E-state index in [4.69, 9.17) is 9.47 Å². The van der Waals surface area contributed by atoms with Crippen LogP contribution in [0.4, 0.5) is 5.69 Å². The van der Waals surface area contributed by atoms with Crippen LogP contribution in [0.3, 0.4) is 0 Å². The molecule has 3 aromatic rings. The molecule has 3 rings (SSSR count). The van der Waals surface area contributed by atoms with Gasteiger partial charge in [-0.15, -0.1) is 0 Å². The zero-order valence-electron chi connectivity index (χ0n) is 18.7. The second-order valence-electron chi connectivity index (χ2n) is 7.13. The summed E-state index contributed by atoms with van der Waals surface area (Å²) in [6.07, 6.45) is 0. The molecule has 34 heavy (non-hydrogen) atoms. The van der Waals surface area contributed by atoms with Crippen molar-refractivity contribution in [2.24, 2.45) is 0 Å². The average molecular weight is 484 g/mol. The number of carbonyl (C=O) groups is 2. The first-order valence-corrected chi connectivity index (χ1v) is 11.8. The molecule has 0 saturated carbocycles. The standard InChI is InChI=1S/C24H25N3O6S/c1-3-33-21-11-13-22(14-12-21)34(30,31)27-20-9-7-18(8-10-20)23(28)25-26-24(29)19-6-4-5-17(15-19)16-32-2/h4-15,27H,3,16H2,1-2H3,(H,25,28)(H,26,29). The van der Waals surface area contributed by atoms with Crippen LogP contribution in [0.2, 0.25) is 0 Å². The average Bonchev–Trinajstić information content (AvgIpc) is 2.83. The van der Waals surface area contributed by atoms with E-state index in [-0.39, 0.29) is 16.1 Å². The van der Waals surface area contributed by atoms with E-state index in [0.717, 1.165) is 5.56 Å². The van der Waals surface area contributed by atoms with E-state index in [2.05, 4.69) is 15.6 Å². The van der Waals surface area contributed by atoms with Crippen LogP contribution in [0.25, 0.3) is 0 Å². The lowest BCUT2D eigenvalue weighted by Gasteiger charge is -2.11. The van der Waals surface area contributed by atoms with Crippen LogP contribution in [0.5, 0.6) is 5.75 Å². The molecule has 0 aliphatic carbocycles. The molecule has 0 atom stereocenters. The highest BCUT2D eigenvalue weighted by atomic mass is 32.2. The Labute approximate surface area is 198 Å². The predicted molar refractivity (Wildman–Crippen MR) is 127 cm³/mol. The van der Waals surface area contributed by atoms with Gasteiger partial charge in [-0.1, -0.05) is 12.1 Å². The van der Waals surface area contributed by atoms with E-state index in [9.17, 15) is 18.0 Å². The topological polar surface area (TPSA) is 123 Å². The molecule has 178 valence electrons. The van der Waals surface area contributed by atoms with Crippen molar-refractivity contribution in [2.75, 3.05) is 18.4 Å². The Morgan fingerprint density at radius 3 is 2.12 bits per heavy atom. The molecule has 0 aliphatic rings. The number of amides is 2. The Morgan fingerprint density at radius 2 is 1.50 bits per heavy atom. The van der Waals surface area contributed by atoms with Gasteiger partial charge >= 0.3 is 0 Å². The van der Waals surface area contributed by atoms with E-state index in [1.807, 2.05) is 13.0 Å². The molecule has 0 radical (unpaired) electrons. The summed E-state index contributed by atoms with van der Waals surface area (Å²) in [5.74, 6) is -0.458. The van der Waals surface area contributed by atoms with E-state index < -0.39 is 21.8 Å². The minimum atomic E-state index is -3.81. The molecule has 10 heteroatoms. The number of ether oxygens (including phenoxy) is 2. The number of methoxy groups -OCH3 is 1. The molecular formula is C24H25N3O6S. The van der Waals surface area contributed by atoms with Gasteiger partial charge in [-0.3, -0.25) is 25.2 Å². The molecule has 9 nitrogen and oxygen atoms in total. The fourth-order valence-corrected chi connectivity index (χ4v) is 4.07. The molecule has 0 bridgehead atoms. The maximum atomic E-state index is 12.6. The van der Waals surface area contributed by atoms with Gasteiger partial charge in [-0.2, -0.15) is 0 Å². The minimum absolute atomic E-state index is 0.0788. The number of rotatable bonds is 9. The first-order chi connectivity index (χ1) is 16.3. The molecule has 0 aromatic heterocycles. The number of hydrogen-bond donors (Lipinski definition) is 3. The normalized spacial score (nSPS) is 10.9. The molecule has 2 amide bonds. The van der Waals surface area contributed by atoms with E-state index in [1.54, 1.807) is 37.4 Å². The predicted octanol–water partition coefficient (Wildman–Crippen LogP) is 3.11. The lowest BCUT2D eigenvalue weighted by atomic mass is 10.1. The SMILES string of the molecule is CCOc1ccc(S(=O)(=O)Nc2ccc(C(=O)NNC(=O)c3cccc(COC)c3)cc2)cc1.